The Morgan fingerprint density at radius 2 is 2.10 bits per heavy atom. The van der Waals surface area contributed by atoms with Gasteiger partial charge in [0.05, 0.1) is 12.0 Å². The van der Waals surface area contributed by atoms with Crippen LogP contribution >= 0.6 is 12.4 Å². The first-order valence-electron chi connectivity index (χ1n) is 6.77. The summed E-state index contributed by atoms with van der Waals surface area (Å²) in [5, 5.41) is 4.10. The number of hydrogen-bond acceptors (Lipinski definition) is 5. The number of likely N-dealkylation sites (tertiary alicyclic amines) is 1. The van der Waals surface area contributed by atoms with Crippen LogP contribution in [0.3, 0.4) is 0 Å². The molecular weight excluding hydrogens is 278 g/mol. The van der Waals surface area contributed by atoms with E-state index in [0.29, 0.717) is 11.7 Å². The van der Waals surface area contributed by atoms with Crippen molar-refractivity contribution in [3.8, 4) is 11.5 Å². The molecule has 0 atom stereocenters. The van der Waals surface area contributed by atoms with Gasteiger partial charge >= 0.3 is 0 Å². The lowest BCUT2D eigenvalue weighted by atomic mass is 9.97. The Labute approximate surface area is 124 Å². The maximum Gasteiger partial charge on any atom is 0.202 e. The first-order valence-corrected chi connectivity index (χ1v) is 6.77. The number of aromatic nitrogens is 1. The summed E-state index contributed by atoms with van der Waals surface area (Å²) in [5.41, 5.74) is 6.66. The standard InChI is InChI=1S/C14H19N3O2.ClH/c15-9-11-3-5-17(6-4-11)10-12-8-14(19-16-12)13-2-1-7-18-13;/h1-2,7-8,11H,3-6,9-10,15H2;1H. The monoisotopic (exact) mass is 297 g/mol. The van der Waals surface area contributed by atoms with Crippen LogP contribution in [0.25, 0.3) is 11.5 Å². The van der Waals surface area contributed by atoms with Crippen LogP contribution in [0.5, 0.6) is 0 Å². The smallest absolute Gasteiger partial charge is 0.202 e. The largest absolute Gasteiger partial charge is 0.461 e. The quantitative estimate of drug-likeness (QED) is 0.939. The molecule has 0 spiro atoms. The van der Waals surface area contributed by atoms with E-state index in [-0.39, 0.29) is 12.4 Å². The van der Waals surface area contributed by atoms with Crippen LogP contribution in [0, 0.1) is 5.92 Å². The third kappa shape index (κ3) is 3.42. The lowest BCUT2D eigenvalue weighted by Crippen LogP contribution is -2.35. The van der Waals surface area contributed by atoms with Gasteiger partial charge in [0.2, 0.25) is 5.76 Å². The maximum absolute atomic E-state index is 5.70. The second-order valence-electron chi connectivity index (χ2n) is 5.12. The highest BCUT2D eigenvalue weighted by atomic mass is 35.5. The van der Waals surface area contributed by atoms with Crippen molar-refractivity contribution >= 4 is 12.4 Å². The van der Waals surface area contributed by atoms with Gasteiger partial charge in [-0.1, -0.05) is 5.16 Å². The van der Waals surface area contributed by atoms with E-state index in [2.05, 4.69) is 10.1 Å². The molecule has 1 fully saturated rings. The van der Waals surface area contributed by atoms with E-state index in [1.165, 1.54) is 12.8 Å². The SMILES string of the molecule is Cl.NCC1CCN(Cc2cc(-c3ccco3)on2)CC1. The molecule has 20 heavy (non-hydrogen) atoms. The van der Waals surface area contributed by atoms with Crippen molar-refractivity contribution in [1.29, 1.82) is 0 Å². The molecule has 0 amide bonds. The van der Waals surface area contributed by atoms with Crippen LogP contribution in [-0.4, -0.2) is 29.7 Å². The molecule has 3 heterocycles. The molecule has 2 aromatic rings. The van der Waals surface area contributed by atoms with E-state index >= 15 is 0 Å². The van der Waals surface area contributed by atoms with E-state index in [0.717, 1.165) is 37.6 Å². The van der Waals surface area contributed by atoms with Crippen molar-refractivity contribution in [2.24, 2.45) is 11.7 Å². The number of piperidine rings is 1. The Hall–Kier alpha value is -1.30. The zero-order valence-corrected chi connectivity index (χ0v) is 12.1. The second-order valence-corrected chi connectivity index (χ2v) is 5.12. The molecule has 0 radical (unpaired) electrons. The van der Waals surface area contributed by atoms with Crippen molar-refractivity contribution in [1.82, 2.24) is 10.1 Å². The van der Waals surface area contributed by atoms with E-state index in [4.69, 9.17) is 14.7 Å². The van der Waals surface area contributed by atoms with E-state index < -0.39 is 0 Å². The molecule has 0 aliphatic carbocycles. The van der Waals surface area contributed by atoms with Gasteiger partial charge in [-0.25, -0.2) is 0 Å². The summed E-state index contributed by atoms with van der Waals surface area (Å²) in [7, 11) is 0. The summed E-state index contributed by atoms with van der Waals surface area (Å²) < 4.78 is 10.6. The fraction of sp³-hybridized carbons (Fsp3) is 0.500. The number of hydrogen-bond donors (Lipinski definition) is 1. The minimum absolute atomic E-state index is 0. The summed E-state index contributed by atoms with van der Waals surface area (Å²) in [5.74, 6) is 2.10. The molecule has 5 nitrogen and oxygen atoms in total. The van der Waals surface area contributed by atoms with Gasteiger partial charge in [-0.05, 0) is 50.5 Å². The summed E-state index contributed by atoms with van der Waals surface area (Å²) >= 11 is 0. The van der Waals surface area contributed by atoms with Crippen LogP contribution in [0.4, 0.5) is 0 Å². The van der Waals surface area contributed by atoms with Crippen molar-refractivity contribution in [2.45, 2.75) is 19.4 Å². The van der Waals surface area contributed by atoms with Crippen LogP contribution in [-0.2, 0) is 6.54 Å². The van der Waals surface area contributed by atoms with Crippen molar-refractivity contribution < 1.29 is 8.94 Å². The Balaban J connectivity index is 0.00000147. The molecule has 2 N–H and O–H groups in total. The van der Waals surface area contributed by atoms with Crippen LogP contribution < -0.4 is 5.73 Å². The van der Waals surface area contributed by atoms with Gasteiger partial charge in [0.25, 0.3) is 0 Å². The van der Waals surface area contributed by atoms with Crippen LogP contribution in [0.1, 0.15) is 18.5 Å². The van der Waals surface area contributed by atoms with Crippen LogP contribution in [0.15, 0.2) is 33.4 Å². The van der Waals surface area contributed by atoms with E-state index in [9.17, 15) is 0 Å². The summed E-state index contributed by atoms with van der Waals surface area (Å²) in [4.78, 5) is 2.40. The van der Waals surface area contributed by atoms with Crippen molar-refractivity contribution in [3.05, 3.63) is 30.2 Å². The Morgan fingerprint density at radius 1 is 1.30 bits per heavy atom. The molecule has 110 valence electrons. The third-order valence-electron chi connectivity index (χ3n) is 3.75. The van der Waals surface area contributed by atoms with Crippen molar-refractivity contribution in [3.63, 3.8) is 0 Å². The molecule has 2 aromatic heterocycles. The topological polar surface area (TPSA) is 68.4 Å². The number of nitrogens with two attached hydrogens (primary N) is 1. The van der Waals surface area contributed by atoms with Gasteiger partial charge in [0.1, 0.15) is 0 Å². The Morgan fingerprint density at radius 3 is 2.75 bits per heavy atom. The molecule has 1 saturated heterocycles. The van der Waals surface area contributed by atoms with Crippen LogP contribution in [0.2, 0.25) is 0 Å². The minimum Gasteiger partial charge on any atom is -0.461 e. The second kappa shape index (κ2) is 6.92. The summed E-state index contributed by atoms with van der Waals surface area (Å²) in [6.45, 7) is 3.82. The molecule has 0 unspecified atom stereocenters. The first kappa shape index (κ1) is 15.1. The molecule has 3 rings (SSSR count). The van der Waals surface area contributed by atoms with Crippen molar-refractivity contribution in [2.75, 3.05) is 19.6 Å². The normalized spacial score (nSPS) is 17.1. The maximum atomic E-state index is 5.70. The van der Waals surface area contributed by atoms with Gasteiger partial charge in [0.15, 0.2) is 5.76 Å². The molecule has 1 aliphatic heterocycles. The number of furan rings is 1. The van der Waals surface area contributed by atoms with Gasteiger partial charge in [-0.2, -0.15) is 0 Å². The fourth-order valence-electron chi connectivity index (χ4n) is 2.53. The molecule has 0 aromatic carbocycles. The average molecular weight is 298 g/mol. The molecule has 1 aliphatic rings. The fourth-order valence-corrected chi connectivity index (χ4v) is 2.53. The lowest BCUT2D eigenvalue weighted by molar-refractivity contribution is 0.176. The predicted molar refractivity (Wildman–Crippen MR) is 78.5 cm³/mol. The highest BCUT2D eigenvalue weighted by Crippen LogP contribution is 2.22. The van der Waals surface area contributed by atoms with E-state index in [1.54, 1.807) is 6.26 Å². The first-order chi connectivity index (χ1) is 9.35. The predicted octanol–water partition coefficient (Wildman–Crippen LogP) is 2.53. The average Bonchev–Trinajstić information content (AvgIpc) is 3.10. The Kier molecular flexibility index (Phi) is 5.23. The Bertz CT molecular complexity index is 504. The van der Waals surface area contributed by atoms with Gasteiger partial charge in [0, 0.05) is 12.6 Å². The highest BCUT2D eigenvalue weighted by Gasteiger charge is 2.19. The number of halogens is 1. The molecular formula is C14H20ClN3O2. The highest BCUT2D eigenvalue weighted by molar-refractivity contribution is 5.85. The summed E-state index contributed by atoms with van der Waals surface area (Å²) in [6, 6.07) is 5.67. The van der Waals surface area contributed by atoms with Gasteiger partial charge in [-0.15, -0.1) is 12.4 Å². The zero-order valence-electron chi connectivity index (χ0n) is 11.3. The van der Waals surface area contributed by atoms with Gasteiger partial charge in [-0.3, -0.25) is 4.90 Å². The number of nitrogens with zero attached hydrogens (tertiary/aromatic N) is 2. The van der Waals surface area contributed by atoms with E-state index in [1.807, 2.05) is 18.2 Å². The lowest BCUT2D eigenvalue weighted by Gasteiger charge is -2.30. The molecule has 0 bridgehead atoms. The number of rotatable bonds is 4. The molecule has 6 heteroatoms. The van der Waals surface area contributed by atoms with Gasteiger partial charge < -0.3 is 14.7 Å². The minimum atomic E-state index is 0. The summed E-state index contributed by atoms with van der Waals surface area (Å²) in [6.07, 6.45) is 3.99. The zero-order chi connectivity index (χ0) is 13.1. The third-order valence-corrected chi connectivity index (χ3v) is 3.75. The molecule has 0 saturated carbocycles.